The first-order valence-corrected chi connectivity index (χ1v) is 6.55. The summed E-state index contributed by atoms with van der Waals surface area (Å²) >= 11 is 0. The molecule has 19 heavy (non-hydrogen) atoms. The van der Waals surface area contributed by atoms with Crippen molar-refractivity contribution in [3.63, 3.8) is 0 Å². The number of aryl methyl sites for hydroxylation is 1. The first-order chi connectivity index (χ1) is 9.08. The Morgan fingerprint density at radius 1 is 1.37 bits per heavy atom. The summed E-state index contributed by atoms with van der Waals surface area (Å²) in [6.07, 6.45) is 1.60. The Hall–Kier alpha value is -1.75. The molecule has 1 aromatic carbocycles. The molecule has 2 N–H and O–H groups in total. The molecule has 0 saturated heterocycles. The van der Waals surface area contributed by atoms with Gasteiger partial charge in [0.2, 0.25) is 0 Å². The van der Waals surface area contributed by atoms with E-state index in [2.05, 4.69) is 10.3 Å². The fraction of sp³-hybridized carbons (Fsp3) is 0.429. The molecule has 2 rings (SSSR count). The Kier molecular flexibility index (Phi) is 3.95. The van der Waals surface area contributed by atoms with Crippen molar-refractivity contribution in [2.45, 2.75) is 39.7 Å². The first kappa shape index (κ1) is 13.7. The van der Waals surface area contributed by atoms with Crippen LogP contribution in [0.3, 0.4) is 0 Å². The maximum atomic E-state index is 13.2. The van der Waals surface area contributed by atoms with E-state index in [0.29, 0.717) is 0 Å². The second kappa shape index (κ2) is 5.48. The van der Waals surface area contributed by atoms with E-state index in [4.69, 9.17) is 5.73 Å². The van der Waals surface area contributed by atoms with Crippen molar-refractivity contribution in [1.82, 2.24) is 15.0 Å². The van der Waals surface area contributed by atoms with Gasteiger partial charge in [0, 0.05) is 0 Å². The Morgan fingerprint density at radius 2 is 2.11 bits per heavy atom. The number of benzene rings is 1. The van der Waals surface area contributed by atoms with Gasteiger partial charge >= 0.3 is 0 Å². The predicted molar refractivity (Wildman–Crippen MR) is 72.7 cm³/mol. The van der Waals surface area contributed by atoms with Gasteiger partial charge in [0.05, 0.1) is 17.4 Å². The van der Waals surface area contributed by atoms with Crippen molar-refractivity contribution in [3.8, 4) is 5.69 Å². The Bertz CT molecular complexity index is 577. The second-order valence-corrected chi connectivity index (χ2v) is 4.63. The minimum absolute atomic E-state index is 0.107. The Balaban J connectivity index is 2.53. The minimum Gasteiger partial charge on any atom is -0.323 e. The van der Waals surface area contributed by atoms with Crippen LogP contribution in [0.25, 0.3) is 5.69 Å². The Morgan fingerprint density at radius 3 is 2.68 bits per heavy atom. The van der Waals surface area contributed by atoms with Gasteiger partial charge in [-0.1, -0.05) is 19.1 Å². The highest BCUT2D eigenvalue weighted by molar-refractivity contribution is 5.41. The second-order valence-electron chi connectivity index (χ2n) is 4.63. The third-order valence-corrected chi connectivity index (χ3v) is 3.31. The van der Waals surface area contributed by atoms with Gasteiger partial charge in [-0.15, -0.1) is 5.10 Å². The van der Waals surface area contributed by atoms with Crippen LogP contribution >= 0.6 is 0 Å². The van der Waals surface area contributed by atoms with Gasteiger partial charge in [0.25, 0.3) is 0 Å². The lowest BCUT2D eigenvalue weighted by atomic mass is 10.1. The van der Waals surface area contributed by atoms with Crippen molar-refractivity contribution in [1.29, 1.82) is 0 Å². The summed E-state index contributed by atoms with van der Waals surface area (Å²) in [6.45, 7) is 5.92. The predicted octanol–water partition coefficient (Wildman–Crippen LogP) is 2.69. The third kappa shape index (κ3) is 2.51. The number of nitrogens with zero attached hydrogens (tertiary/aromatic N) is 3. The number of rotatable bonds is 4. The van der Waals surface area contributed by atoms with Crippen molar-refractivity contribution < 1.29 is 4.39 Å². The molecule has 1 heterocycles. The van der Waals surface area contributed by atoms with Crippen molar-refractivity contribution in [2.75, 3.05) is 0 Å². The summed E-state index contributed by atoms with van der Waals surface area (Å²) in [5, 5.41) is 8.37. The molecule has 0 amide bonds. The highest BCUT2D eigenvalue weighted by atomic mass is 19.1. The van der Waals surface area contributed by atoms with Gasteiger partial charge in [-0.05, 0) is 43.5 Å². The molecule has 0 saturated carbocycles. The maximum absolute atomic E-state index is 13.2. The van der Waals surface area contributed by atoms with Gasteiger partial charge in [-0.25, -0.2) is 9.07 Å². The van der Waals surface area contributed by atoms with Crippen LogP contribution in [-0.4, -0.2) is 15.0 Å². The molecule has 1 aromatic heterocycles. The molecular weight excluding hydrogens is 243 g/mol. The normalized spacial score (nSPS) is 12.7. The van der Waals surface area contributed by atoms with Crippen LogP contribution in [0.5, 0.6) is 0 Å². The molecule has 0 aliphatic carbocycles. The maximum Gasteiger partial charge on any atom is 0.123 e. The topological polar surface area (TPSA) is 56.7 Å². The standard InChI is InChI=1S/C14H19FN4/c1-4-11(16)14-12(5-2)19(18-17-14)13-7-6-10(15)8-9(13)3/h6-8,11H,4-5,16H2,1-3H3. The van der Waals surface area contributed by atoms with Gasteiger partial charge in [0.15, 0.2) is 0 Å². The van der Waals surface area contributed by atoms with Crippen molar-refractivity contribution in [3.05, 3.63) is 41.0 Å². The summed E-state index contributed by atoms with van der Waals surface area (Å²) < 4.78 is 14.9. The highest BCUT2D eigenvalue weighted by Gasteiger charge is 2.18. The van der Waals surface area contributed by atoms with Gasteiger partial charge < -0.3 is 5.73 Å². The van der Waals surface area contributed by atoms with Crippen LogP contribution in [0.4, 0.5) is 4.39 Å². The van der Waals surface area contributed by atoms with Crippen LogP contribution < -0.4 is 5.73 Å². The number of aromatic nitrogens is 3. The lowest BCUT2D eigenvalue weighted by Gasteiger charge is -2.11. The number of hydrogen-bond donors (Lipinski definition) is 1. The zero-order valence-corrected chi connectivity index (χ0v) is 11.5. The van der Waals surface area contributed by atoms with E-state index in [1.54, 1.807) is 10.7 Å². The fourth-order valence-electron chi connectivity index (χ4n) is 2.18. The highest BCUT2D eigenvalue weighted by Crippen LogP contribution is 2.22. The molecule has 0 aliphatic rings. The summed E-state index contributed by atoms with van der Waals surface area (Å²) in [5.74, 6) is -0.245. The monoisotopic (exact) mass is 262 g/mol. The smallest absolute Gasteiger partial charge is 0.123 e. The molecule has 1 unspecified atom stereocenters. The zero-order chi connectivity index (χ0) is 14.0. The van der Waals surface area contributed by atoms with Gasteiger partial charge in [0.1, 0.15) is 11.5 Å². The largest absolute Gasteiger partial charge is 0.323 e. The number of nitrogens with two attached hydrogens (primary N) is 1. The Labute approximate surface area is 112 Å². The van der Waals surface area contributed by atoms with Gasteiger partial charge in [-0.2, -0.15) is 0 Å². The first-order valence-electron chi connectivity index (χ1n) is 6.55. The van der Waals surface area contributed by atoms with Crippen LogP contribution in [0.15, 0.2) is 18.2 Å². The average Bonchev–Trinajstić information content (AvgIpc) is 2.81. The van der Waals surface area contributed by atoms with E-state index in [1.165, 1.54) is 12.1 Å². The fourth-order valence-corrected chi connectivity index (χ4v) is 2.18. The number of hydrogen-bond acceptors (Lipinski definition) is 3. The molecular formula is C14H19FN4. The van der Waals surface area contributed by atoms with E-state index >= 15 is 0 Å². The van der Waals surface area contributed by atoms with Crippen molar-refractivity contribution in [2.24, 2.45) is 5.73 Å². The van der Waals surface area contributed by atoms with E-state index in [9.17, 15) is 4.39 Å². The lowest BCUT2D eigenvalue weighted by Crippen LogP contribution is -2.12. The molecule has 0 aliphatic heterocycles. The molecule has 0 bridgehead atoms. The molecule has 0 spiro atoms. The molecule has 0 radical (unpaired) electrons. The van der Waals surface area contributed by atoms with E-state index < -0.39 is 0 Å². The summed E-state index contributed by atoms with van der Waals surface area (Å²) in [7, 11) is 0. The van der Waals surface area contributed by atoms with E-state index in [0.717, 1.165) is 35.5 Å². The molecule has 2 aromatic rings. The molecule has 0 fully saturated rings. The van der Waals surface area contributed by atoms with Crippen molar-refractivity contribution >= 4 is 0 Å². The number of halogens is 1. The van der Waals surface area contributed by atoms with Crippen LogP contribution in [0.1, 0.15) is 43.3 Å². The SMILES string of the molecule is CCc1c(C(N)CC)nnn1-c1ccc(F)cc1C. The minimum atomic E-state index is -0.245. The summed E-state index contributed by atoms with van der Waals surface area (Å²) in [5.41, 5.74) is 9.54. The molecule has 102 valence electrons. The molecule has 1 atom stereocenters. The van der Waals surface area contributed by atoms with Crippen LogP contribution in [0, 0.1) is 12.7 Å². The van der Waals surface area contributed by atoms with E-state index in [1.807, 2.05) is 20.8 Å². The van der Waals surface area contributed by atoms with E-state index in [-0.39, 0.29) is 11.9 Å². The zero-order valence-electron chi connectivity index (χ0n) is 11.5. The average molecular weight is 262 g/mol. The van der Waals surface area contributed by atoms with Gasteiger partial charge in [-0.3, -0.25) is 0 Å². The quantitative estimate of drug-likeness (QED) is 0.921. The van der Waals surface area contributed by atoms with Crippen LogP contribution in [0.2, 0.25) is 0 Å². The lowest BCUT2D eigenvalue weighted by molar-refractivity contribution is 0.625. The summed E-state index contributed by atoms with van der Waals surface area (Å²) in [4.78, 5) is 0. The van der Waals surface area contributed by atoms with Crippen LogP contribution in [-0.2, 0) is 6.42 Å². The summed E-state index contributed by atoms with van der Waals surface area (Å²) in [6, 6.07) is 4.54. The third-order valence-electron chi connectivity index (χ3n) is 3.31. The molecule has 5 heteroatoms. The molecule has 4 nitrogen and oxygen atoms in total.